The van der Waals surface area contributed by atoms with Gasteiger partial charge in [-0.25, -0.2) is 4.79 Å². The summed E-state index contributed by atoms with van der Waals surface area (Å²) in [6.07, 6.45) is 1.62. The summed E-state index contributed by atoms with van der Waals surface area (Å²) >= 11 is 0. The molecule has 0 aromatic heterocycles. The van der Waals surface area contributed by atoms with Crippen molar-refractivity contribution in [2.45, 2.75) is 78.1 Å². The Hall–Kier alpha value is -2.08. The van der Waals surface area contributed by atoms with E-state index in [4.69, 9.17) is 9.47 Å². The number of ether oxygens (including phenoxy) is 2. The summed E-state index contributed by atoms with van der Waals surface area (Å²) in [6.45, 7) is 11.3. The van der Waals surface area contributed by atoms with Crippen LogP contribution in [0.15, 0.2) is 24.3 Å². The lowest BCUT2D eigenvalue weighted by Crippen LogP contribution is -2.52. The van der Waals surface area contributed by atoms with Crippen LogP contribution in [0.25, 0.3) is 0 Å². The van der Waals surface area contributed by atoms with Crippen molar-refractivity contribution in [3.63, 3.8) is 0 Å². The molecular formula is C22H34N2O4. The van der Waals surface area contributed by atoms with Gasteiger partial charge in [-0.15, -0.1) is 0 Å². The average molecular weight is 391 g/mol. The highest BCUT2D eigenvalue weighted by Gasteiger charge is 2.31. The number of rotatable bonds is 6. The van der Waals surface area contributed by atoms with Crippen LogP contribution < -0.4 is 5.32 Å². The van der Waals surface area contributed by atoms with Gasteiger partial charge < -0.3 is 14.8 Å². The Kier molecular flexibility index (Phi) is 7.87. The van der Waals surface area contributed by atoms with Crippen molar-refractivity contribution in [2.24, 2.45) is 0 Å². The lowest BCUT2D eigenvalue weighted by Gasteiger charge is -2.39. The van der Waals surface area contributed by atoms with E-state index in [-0.39, 0.29) is 18.1 Å². The van der Waals surface area contributed by atoms with Gasteiger partial charge in [0.2, 0.25) is 0 Å². The van der Waals surface area contributed by atoms with E-state index in [9.17, 15) is 9.59 Å². The lowest BCUT2D eigenvalue weighted by molar-refractivity contribution is -0.145. The number of hydrogen-bond acceptors (Lipinski definition) is 5. The largest absolute Gasteiger partial charge is 0.466 e. The molecule has 1 N–H and O–H groups in total. The molecule has 0 unspecified atom stereocenters. The first-order valence-electron chi connectivity index (χ1n) is 10.1. The Bertz CT molecular complexity index is 651. The molecule has 1 saturated heterocycles. The van der Waals surface area contributed by atoms with E-state index in [1.807, 2.05) is 27.7 Å². The third kappa shape index (κ3) is 7.50. The molecule has 2 rings (SSSR count). The SMILES string of the molecule is CCOC(=O)C[C@H]1CC[C@@H](NC(=O)OC(C)(C)C)CN1Cc1ccc(C)cc1. The number of likely N-dealkylation sites (tertiary alicyclic amines) is 1. The molecule has 0 radical (unpaired) electrons. The lowest BCUT2D eigenvalue weighted by atomic mass is 9.95. The zero-order valence-electron chi connectivity index (χ0n) is 17.8. The summed E-state index contributed by atoms with van der Waals surface area (Å²) in [7, 11) is 0. The second kappa shape index (κ2) is 9.92. The van der Waals surface area contributed by atoms with Crippen molar-refractivity contribution in [3.8, 4) is 0 Å². The van der Waals surface area contributed by atoms with E-state index >= 15 is 0 Å². The Morgan fingerprint density at radius 1 is 1.18 bits per heavy atom. The van der Waals surface area contributed by atoms with Crippen molar-refractivity contribution in [1.29, 1.82) is 0 Å². The number of nitrogens with zero attached hydrogens (tertiary/aromatic N) is 1. The van der Waals surface area contributed by atoms with Crippen LogP contribution in [0.5, 0.6) is 0 Å². The van der Waals surface area contributed by atoms with Crippen LogP contribution in [0, 0.1) is 6.92 Å². The number of benzene rings is 1. The second-order valence-corrected chi connectivity index (χ2v) is 8.50. The van der Waals surface area contributed by atoms with E-state index in [0.29, 0.717) is 19.6 Å². The zero-order valence-corrected chi connectivity index (χ0v) is 17.8. The van der Waals surface area contributed by atoms with Crippen LogP contribution >= 0.6 is 0 Å². The molecule has 6 nitrogen and oxygen atoms in total. The number of hydrogen-bond donors (Lipinski definition) is 1. The van der Waals surface area contributed by atoms with Crippen molar-refractivity contribution >= 4 is 12.1 Å². The molecule has 156 valence electrons. The van der Waals surface area contributed by atoms with Gasteiger partial charge in [-0.05, 0) is 53.0 Å². The molecule has 1 amide bonds. The second-order valence-electron chi connectivity index (χ2n) is 8.50. The van der Waals surface area contributed by atoms with Gasteiger partial charge in [-0.2, -0.15) is 0 Å². The monoisotopic (exact) mass is 390 g/mol. The highest BCUT2D eigenvalue weighted by Crippen LogP contribution is 2.23. The number of carbonyl (C=O) groups is 2. The van der Waals surface area contributed by atoms with E-state index in [1.54, 1.807) is 0 Å². The fourth-order valence-corrected chi connectivity index (χ4v) is 3.46. The first-order chi connectivity index (χ1) is 13.2. The van der Waals surface area contributed by atoms with Crippen LogP contribution in [0.1, 0.15) is 58.1 Å². The average Bonchev–Trinajstić information content (AvgIpc) is 2.57. The van der Waals surface area contributed by atoms with Gasteiger partial charge >= 0.3 is 12.1 Å². The van der Waals surface area contributed by atoms with E-state index in [1.165, 1.54) is 11.1 Å². The Balaban J connectivity index is 2.03. The molecule has 0 spiro atoms. The first-order valence-corrected chi connectivity index (χ1v) is 10.1. The maximum atomic E-state index is 12.1. The van der Waals surface area contributed by atoms with Crippen molar-refractivity contribution in [3.05, 3.63) is 35.4 Å². The van der Waals surface area contributed by atoms with Gasteiger partial charge in [0.05, 0.1) is 13.0 Å². The maximum absolute atomic E-state index is 12.1. The molecule has 28 heavy (non-hydrogen) atoms. The van der Waals surface area contributed by atoms with Crippen molar-refractivity contribution in [1.82, 2.24) is 10.2 Å². The summed E-state index contributed by atoms with van der Waals surface area (Å²) < 4.78 is 10.5. The zero-order chi connectivity index (χ0) is 20.7. The topological polar surface area (TPSA) is 67.9 Å². The van der Waals surface area contributed by atoms with E-state index in [0.717, 1.165) is 19.4 Å². The van der Waals surface area contributed by atoms with Gasteiger partial charge in [0.25, 0.3) is 0 Å². The quantitative estimate of drug-likeness (QED) is 0.748. The molecular weight excluding hydrogens is 356 g/mol. The molecule has 6 heteroatoms. The van der Waals surface area contributed by atoms with Crippen LogP contribution in [-0.4, -0.2) is 47.8 Å². The van der Waals surface area contributed by atoms with Gasteiger partial charge in [0.1, 0.15) is 5.60 Å². The summed E-state index contributed by atoms with van der Waals surface area (Å²) in [5.74, 6) is -0.167. The third-order valence-electron chi connectivity index (χ3n) is 4.75. The molecule has 1 fully saturated rings. The Morgan fingerprint density at radius 3 is 2.46 bits per heavy atom. The van der Waals surface area contributed by atoms with Gasteiger partial charge in [-0.1, -0.05) is 29.8 Å². The first kappa shape index (κ1) is 22.2. The predicted molar refractivity (Wildman–Crippen MR) is 109 cm³/mol. The number of esters is 1. The Morgan fingerprint density at radius 2 is 1.86 bits per heavy atom. The molecule has 1 heterocycles. The maximum Gasteiger partial charge on any atom is 0.407 e. The molecule has 0 saturated carbocycles. The highest BCUT2D eigenvalue weighted by atomic mass is 16.6. The van der Waals surface area contributed by atoms with Crippen LogP contribution in [0.2, 0.25) is 0 Å². The van der Waals surface area contributed by atoms with Crippen LogP contribution in [0.4, 0.5) is 4.79 Å². The number of aryl methyl sites for hydroxylation is 1. The number of amides is 1. The standard InChI is InChI=1S/C22H34N2O4/c1-6-27-20(25)13-19-12-11-18(23-21(26)28-22(3,4)5)15-24(19)14-17-9-7-16(2)8-10-17/h7-10,18-19H,6,11-15H2,1-5H3,(H,23,26)/t18-,19-/m1/s1. The predicted octanol–water partition coefficient (Wildman–Crippen LogP) is 3.81. The van der Waals surface area contributed by atoms with Gasteiger partial charge in [0, 0.05) is 25.2 Å². The number of alkyl carbamates (subject to hydrolysis) is 1. The third-order valence-corrected chi connectivity index (χ3v) is 4.75. The fraction of sp³-hybridized carbons (Fsp3) is 0.636. The summed E-state index contributed by atoms with van der Waals surface area (Å²) in [5, 5.41) is 2.98. The molecule has 1 aromatic rings. The minimum atomic E-state index is -0.521. The van der Waals surface area contributed by atoms with E-state index in [2.05, 4.69) is 41.4 Å². The van der Waals surface area contributed by atoms with Crippen LogP contribution in [0.3, 0.4) is 0 Å². The summed E-state index contributed by atoms with van der Waals surface area (Å²) in [4.78, 5) is 26.5. The summed E-state index contributed by atoms with van der Waals surface area (Å²) in [5.41, 5.74) is 1.89. The fourth-order valence-electron chi connectivity index (χ4n) is 3.46. The molecule has 1 aliphatic rings. The molecule has 2 atom stereocenters. The number of carbonyl (C=O) groups excluding carboxylic acids is 2. The number of piperidine rings is 1. The van der Waals surface area contributed by atoms with Crippen LogP contribution in [-0.2, 0) is 20.8 Å². The number of nitrogens with one attached hydrogen (secondary N) is 1. The minimum Gasteiger partial charge on any atom is -0.466 e. The van der Waals surface area contributed by atoms with Crippen molar-refractivity contribution in [2.75, 3.05) is 13.2 Å². The normalized spacial score (nSPS) is 20.5. The minimum absolute atomic E-state index is 0.00116. The summed E-state index contributed by atoms with van der Waals surface area (Å²) in [6, 6.07) is 8.52. The Labute approximate surface area is 168 Å². The molecule has 0 aliphatic carbocycles. The molecule has 0 bridgehead atoms. The molecule has 1 aromatic carbocycles. The molecule has 1 aliphatic heterocycles. The smallest absolute Gasteiger partial charge is 0.407 e. The van der Waals surface area contributed by atoms with Gasteiger partial charge in [0.15, 0.2) is 0 Å². The van der Waals surface area contributed by atoms with Gasteiger partial charge in [-0.3, -0.25) is 9.69 Å². The van der Waals surface area contributed by atoms with Crippen molar-refractivity contribution < 1.29 is 19.1 Å². The highest BCUT2D eigenvalue weighted by molar-refractivity contribution is 5.70. The van der Waals surface area contributed by atoms with E-state index < -0.39 is 11.7 Å².